The number of hydrogen-bond acceptors (Lipinski definition) is 4. The first-order chi connectivity index (χ1) is 11.8. The van der Waals surface area contributed by atoms with Gasteiger partial charge in [-0.15, -0.1) is 0 Å². The lowest BCUT2D eigenvalue weighted by atomic mass is 9.98. The van der Waals surface area contributed by atoms with Crippen molar-refractivity contribution >= 4 is 15.9 Å². The molecule has 1 aromatic heterocycles. The molecule has 1 fully saturated rings. The molecule has 1 aliphatic rings. The van der Waals surface area contributed by atoms with Crippen LogP contribution in [0.5, 0.6) is 5.75 Å². The van der Waals surface area contributed by atoms with Crippen LogP contribution in [-0.2, 0) is 6.42 Å². The molecule has 0 bridgehead atoms. The Morgan fingerprint density at radius 1 is 1.25 bits per heavy atom. The lowest BCUT2D eigenvalue weighted by Crippen LogP contribution is -2.34. The van der Waals surface area contributed by atoms with Crippen molar-refractivity contribution in [2.24, 2.45) is 0 Å². The van der Waals surface area contributed by atoms with E-state index in [0.29, 0.717) is 0 Å². The fraction of sp³-hybridized carbons (Fsp3) is 0.421. The lowest BCUT2D eigenvalue weighted by molar-refractivity contribution is 0.204. The molecule has 1 N–H and O–H groups in total. The number of halogens is 1. The van der Waals surface area contributed by atoms with Crippen LogP contribution in [0.15, 0.2) is 47.1 Å². The van der Waals surface area contributed by atoms with E-state index in [1.807, 2.05) is 24.4 Å². The molecule has 0 amide bonds. The summed E-state index contributed by atoms with van der Waals surface area (Å²) in [5.74, 6) is 0.941. The summed E-state index contributed by atoms with van der Waals surface area (Å²) in [6.07, 6.45) is 3.91. The van der Waals surface area contributed by atoms with Crippen molar-refractivity contribution in [3.05, 3.63) is 58.3 Å². The number of aromatic nitrogens is 1. The molecule has 5 heteroatoms. The molecule has 24 heavy (non-hydrogen) atoms. The van der Waals surface area contributed by atoms with Crippen molar-refractivity contribution < 1.29 is 4.74 Å². The fourth-order valence-corrected chi connectivity index (χ4v) is 3.68. The van der Waals surface area contributed by atoms with E-state index in [2.05, 4.69) is 49.3 Å². The molecule has 0 aliphatic carbocycles. The molecule has 0 radical (unpaired) electrons. The van der Waals surface area contributed by atoms with Gasteiger partial charge < -0.3 is 10.1 Å². The molecule has 1 unspecified atom stereocenters. The molecule has 1 saturated heterocycles. The average molecular weight is 390 g/mol. The third-order valence-corrected chi connectivity index (χ3v) is 4.99. The van der Waals surface area contributed by atoms with E-state index in [4.69, 9.17) is 4.74 Å². The van der Waals surface area contributed by atoms with Crippen molar-refractivity contribution in [1.82, 2.24) is 15.2 Å². The summed E-state index contributed by atoms with van der Waals surface area (Å²) < 4.78 is 6.74. The Morgan fingerprint density at radius 2 is 2.17 bits per heavy atom. The molecule has 4 nitrogen and oxygen atoms in total. The summed E-state index contributed by atoms with van der Waals surface area (Å²) >= 11 is 3.62. The highest BCUT2D eigenvalue weighted by atomic mass is 79.9. The molecule has 0 saturated carbocycles. The first kappa shape index (κ1) is 17.4. The Kier molecular flexibility index (Phi) is 6.24. The van der Waals surface area contributed by atoms with Gasteiger partial charge in [-0.1, -0.05) is 22.0 Å². The molecule has 2 aromatic rings. The topological polar surface area (TPSA) is 37.4 Å². The molecule has 3 rings (SSSR count). The number of methoxy groups -OCH3 is 1. The molecular formula is C19H24BrN3O. The van der Waals surface area contributed by atoms with Gasteiger partial charge in [-0.3, -0.25) is 9.88 Å². The van der Waals surface area contributed by atoms with E-state index < -0.39 is 0 Å². The van der Waals surface area contributed by atoms with Gasteiger partial charge >= 0.3 is 0 Å². The maximum Gasteiger partial charge on any atom is 0.123 e. The molecule has 128 valence electrons. The van der Waals surface area contributed by atoms with Gasteiger partial charge in [-0.2, -0.15) is 0 Å². The Bertz CT molecular complexity index is 642. The fourth-order valence-electron chi connectivity index (χ4n) is 3.30. The second-order valence-corrected chi connectivity index (χ2v) is 6.98. The molecule has 2 heterocycles. The van der Waals surface area contributed by atoms with Crippen LogP contribution in [0.4, 0.5) is 0 Å². The maximum atomic E-state index is 5.66. The Hall–Kier alpha value is -1.43. The molecule has 1 atom stereocenters. The van der Waals surface area contributed by atoms with Crippen LogP contribution < -0.4 is 10.1 Å². The first-order valence-corrected chi connectivity index (χ1v) is 9.25. The zero-order valence-corrected chi connectivity index (χ0v) is 15.6. The maximum absolute atomic E-state index is 5.66. The second-order valence-electron chi connectivity index (χ2n) is 6.07. The third-order valence-electron chi connectivity index (χ3n) is 4.49. The quantitative estimate of drug-likeness (QED) is 0.849. The van der Waals surface area contributed by atoms with Crippen LogP contribution in [0.2, 0.25) is 0 Å². The van der Waals surface area contributed by atoms with E-state index in [9.17, 15) is 0 Å². The number of hydrogen-bond donors (Lipinski definition) is 1. The van der Waals surface area contributed by atoms with E-state index in [0.717, 1.165) is 54.9 Å². The number of rotatable bonds is 5. The average Bonchev–Trinajstić information content (AvgIpc) is 2.90. The minimum atomic E-state index is 0.257. The molecule has 1 aromatic carbocycles. The highest BCUT2D eigenvalue weighted by Crippen LogP contribution is 2.34. The van der Waals surface area contributed by atoms with Crippen LogP contribution in [0.1, 0.15) is 23.7 Å². The summed E-state index contributed by atoms with van der Waals surface area (Å²) in [7, 11) is 1.74. The Labute approximate surface area is 152 Å². The zero-order chi connectivity index (χ0) is 16.8. The van der Waals surface area contributed by atoms with Gasteiger partial charge in [-0.25, -0.2) is 0 Å². The lowest BCUT2D eigenvalue weighted by Gasteiger charge is -2.31. The summed E-state index contributed by atoms with van der Waals surface area (Å²) in [5, 5.41) is 3.49. The SMILES string of the molecule is COc1ccc(Br)cc1C(Cc1ccccn1)N1CCCNCC1. The van der Waals surface area contributed by atoms with Crippen LogP contribution in [0.25, 0.3) is 0 Å². The third kappa shape index (κ3) is 4.35. The van der Waals surface area contributed by atoms with Crippen molar-refractivity contribution in [3.63, 3.8) is 0 Å². The molecular weight excluding hydrogens is 366 g/mol. The van der Waals surface area contributed by atoms with Gasteiger partial charge in [0.1, 0.15) is 5.75 Å². The Morgan fingerprint density at radius 3 is 2.96 bits per heavy atom. The summed E-state index contributed by atoms with van der Waals surface area (Å²) in [6.45, 7) is 4.23. The number of benzene rings is 1. The van der Waals surface area contributed by atoms with E-state index in [-0.39, 0.29) is 6.04 Å². The number of pyridine rings is 1. The zero-order valence-electron chi connectivity index (χ0n) is 14.0. The van der Waals surface area contributed by atoms with Gasteiger partial charge in [0.05, 0.1) is 7.11 Å². The van der Waals surface area contributed by atoms with Crippen molar-refractivity contribution in [3.8, 4) is 5.75 Å². The largest absolute Gasteiger partial charge is 0.496 e. The standard InChI is InChI=1S/C19H24BrN3O/c1-24-19-7-6-15(20)13-17(19)18(14-16-5-2-3-9-22-16)23-11-4-8-21-10-12-23/h2-3,5-7,9,13,18,21H,4,8,10-12,14H2,1H3. The van der Waals surface area contributed by atoms with Crippen molar-refractivity contribution in [2.75, 3.05) is 33.3 Å². The summed E-state index contributed by atoms with van der Waals surface area (Å²) in [4.78, 5) is 7.10. The minimum absolute atomic E-state index is 0.257. The van der Waals surface area contributed by atoms with Gasteiger partial charge in [0.25, 0.3) is 0 Å². The molecule has 0 spiro atoms. The number of ether oxygens (including phenoxy) is 1. The van der Waals surface area contributed by atoms with Gasteiger partial charge in [0.2, 0.25) is 0 Å². The monoisotopic (exact) mass is 389 g/mol. The van der Waals surface area contributed by atoms with Gasteiger partial charge in [-0.05, 0) is 43.3 Å². The van der Waals surface area contributed by atoms with Gasteiger partial charge in [0, 0.05) is 54.0 Å². The van der Waals surface area contributed by atoms with Gasteiger partial charge in [0.15, 0.2) is 0 Å². The Balaban J connectivity index is 1.96. The molecule has 1 aliphatic heterocycles. The normalized spacial score (nSPS) is 17.2. The predicted octanol–water partition coefficient (Wildman–Crippen LogP) is 3.43. The minimum Gasteiger partial charge on any atom is -0.496 e. The van der Waals surface area contributed by atoms with Crippen LogP contribution in [0, 0.1) is 0 Å². The van der Waals surface area contributed by atoms with Crippen molar-refractivity contribution in [2.45, 2.75) is 18.9 Å². The second kappa shape index (κ2) is 8.60. The van der Waals surface area contributed by atoms with Crippen LogP contribution in [-0.4, -0.2) is 43.2 Å². The van der Waals surface area contributed by atoms with E-state index >= 15 is 0 Å². The summed E-state index contributed by atoms with van der Waals surface area (Å²) in [6, 6.07) is 12.6. The number of nitrogens with one attached hydrogen (secondary N) is 1. The predicted molar refractivity (Wildman–Crippen MR) is 100 cm³/mol. The van der Waals surface area contributed by atoms with Crippen LogP contribution in [0.3, 0.4) is 0 Å². The van der Waals surface area contributed by atoms with E-state index in [1.165, 1.54) is 5.56 Å². The van der Waals surface area contributed by atoms with E-state index in [1.54, 1.807) is 7.11 Å². The highest BCUT2D eigenvalue weighted by Gasteiger charge is 2.25. The van der Waals surface area contributed by atoms with Crippen LogP contribution >= 0.6 is 15.9 Å². The highest BCUT2D eigenvalue weighted by molar-refractivity contribution is 9.10. The smallest absolute Gasteiger partial charge is 0.123 e. The number of nitrogens with zero attached hydrogens (tertiary/aromatic N) is 2. The van der Waals surface area contributed by atoms with Crippen molar-refractivity contribution in [1.29, 1.82) is 0 Å². The first-order valence-electron chi connectivity index (χ1n) is 8.46. The summed E-state index contributed by atoms with van der Waals surface area (Å²) in [5.41, 5.74) is 2.33.